The standard InChI is InChI=1S/C23H19ClN2O3/c1-14-10-21(25-12-18(14)15-2-5-17(24)6-3-15)26-22(27)23(8-9-23)16-4-7-19-20(11-16)29-13-28-19/h2-7,10-12H,8-9,13H2,1H3,(H,25,26,27). The van der Waals surface area contributed by atoms with Gasteiger partial charge in [0.2, 0.25) is 12.7 Å². The Kier molecular flexibility index (Phi) is 4.21. The van der Waals surface area contributed by atoms with E-state index in [-0.39, 0.29) is 12.7 Å². The first-order valence-electron chi connectivity index (χ1n) is 9.49. The molecule has 2 aliphatic rings. The highest BCUT2D eigenvalue weighted by Crippen LogP contribution is 2.51. The van der Waals surface area contributed by atoms with Gasteiger partial charge in [0.25, 0.3) is 0 Å². The van der Waals surface area contributed by atoms with Gasteiger partial charge in [-0.2, -0.15) is 0 Å². The van der Waals surface area contributed by atoms with E-state index >= 15 is 0 Å². The Morgan fingerprint density at radius 3 is 2.55 bits per heavy atom. The van der Waals surface area contributed by atoms with Gasteiger partial charge < -0.3 is 14.8 Å². The van der Waals surface area contributed by atoms with Gasteiger partial charge in [0, 0.05) is 16.8 Å². The number of rotatable bonds is 4. The highest BCUT2D eigenvalue weighted by molar-refractivity contribution is 6.30. The van der Waals surface area contributed by atoms with E-state index in [2.05, 4.69) is 10.3 Å². The Bertz CT molecular complexity index is 1110. The van der Waals surface area contributed by atoms with Crippen LogP contribution in [0.5, 0.6) is 11.5 Å². The number of aromatic nitrogens is 1. The first-order chi connectivity index (χ1) is 14.0. The van der Waals surface area contributed by atoms with E-state index < -0.39 is 5.41 Å². The van der Waals surface area contributed by atoms with Crippen molar-refractivity contribution < 1.29 is 14.3 Å². The minimum Gasteiger partial charge on any atom is -0.454 e. The first kappa shape index (κ1) is 18.0. The van der Waals surface area contributed by atoms with Gasteiger partial charge in [-0.25, -0.2) is 4.98 Å². The van der Waals surface area contributed by atoms with Gasteiger partial charge in [-0.3, -0.25) is 4.79 Å². The van der Waals surface area contributed by atoms with Crippen LogP contribution in [0.25, 0.3) is 11.1 Å². The number of fused-ring (bicyclic) bond motifs is 1. The van der Waals surface area contributed by atoms with Crippen molar-refractivity contribution in [1.29, 1.82) is 0 Å². The van der Waals surface area contributed by atoms with Gasteiger partial charge in [-0.15, -0.1) is 0 Å². The molecule has 2 heterocycles. The lowest BCUT2D eigenvalue weighted by molar-refractivity contribution is -0.118. The number of ether oxygens (including phenoxy) is 2. The van der Waals surface area contributed by atoms with Crippen molar-refractivity contribution in [3.63, 3.8) is 0 Å². The number of amides is 1. The van der Waals surface area contributed by atoms with Crippen molar-refractivity contribution in [2.45, 2.75) is 25.2 Å². The third-order valence-electron chi connectivity index (χ3n) is 5.62. The summed E-state index contributed by atoms with van der Waals surface area (Å²) in [4.78, 5) is 17.5. The van der Waals surface area contributed by atoms with Crippen LogP contribution >= 0.6 is 11.6 Å². The smallest absolute Gasteiger partial charge is 0.236 e. The van der Waals surface area contributed by atoms with E-state index in [1.807, 2.05) is 55.5 Å². The number of carbonyl (C=O) groups excluding carboxylic acids is 1. The van der Waals surface area contributed by atoms with Crippen molar-refractivity contribution in [1.82, 2.24) is 4.98 Å². The zero-order chi connectivity index (χ0) is 20.0. The summed E-state index contributed by atoms with van der Waals surface area (Å²) in [7, 11) is 0. The molecule has 1 fully saturated rings. The second-order valence-corrected chi connectivity index (χ2v) is 7.93. The third kappa shape index (κ3) is 3.21. The SMILES string of the molecule is Cc1cc(NC(=O)C2(c3ccc4c(c3)OCO4)CC2)ncc1-c1ccc(Cl)cc1. The second kappa shape index (κ2) is 6.78. The van der Waals surface area contributed by atoms with Crippen LogP contribution in [-0.2, 0) is 10.2 Å². The maximum Gasteiger partial charge on any atom is 0.236 e. The zero-order valence-electron chi connectivity index (χ0n) is 15.9. The van der Waals surface area contributed by atoms with Crippen molar-refractivity contribution >= 4 is 23.3 Å². The summed E-state index contributed by atoms with van der Waals surface area (Å²) in [5, 5.41) is 3.69. The van der Waals surface area contributed by atoms with E-state index in [9.17, 15) is 4.79 Å². The quantitative estimate of drug-likeness (QED) is 0.654. The lowest BCUT2D eigenvalue weighted by Crippen LogP contribution is -2.28. The monoisotopic (exact) mass is 406 g/mol. The Labute approximate surface area is 173 Å². The molecule has 5 nitrogen and oxygen atoms in total. The molecule has 5 rings (SSSR count). The largest absolute Gasteiger partial charge is 0.454 e. The number of pyridine rings is 1. The van der Waals surface area contributed by atoms with Crippen molar-refractivity contribution in [2.75, 3.05) is 12.1 Å². The Hall–Kier alpha value is -3.05. The van der Waals surface area contributed by atoms with Gasteiger partial charge in [-0.1, -0.05) is 29.8 Å². The maximum absolute atomic E-state index is 13.1. The summed E-state index contributed by atoms with van der Waals surface area (Å²) in [5.74, 6) is 1.93. The summed E-state index contributed by atoms with van der Waals surface area (Å²) >= 11 is 5.97. The molecule has 6 heteroatoms. The summed E-state index contributed by atoms with van der Waals surface area (Å²) in [6.45, 7) is 2.23. The summed E-state index contributed by atoms with van der Waals surface area (Å²) in [5.41, 5.74) is 3.51. The lowest BCUT2D eigenvalue weighted by Gasteiger charge is -2.16. The molecule has 146 valence electrons. The average molecular weight is 407 g/mol. The number of anilines is 1. The molecule has 1 aliphatic heterocycles. The van der Waals surface area contributed by atoms with Crippen LogP contribution < -0.4 is 14.8 Å². The van der Waals surface area contributed by atoms with Crippen LogP contribution in [0.4, 0.5) is 5.82 Å². The fourth-order valence-electron chi connectivity index (χ4n) is 3.76. The molecule has 0 saturated heterocycles. The van der Waals surface area contributed by atoms with Gasteiger partial charge in [-0.05, 0) is 66.8 Å². The molecule has 2 aromatic carbocycles. The van der Waals surface area contributed by atoms with E-state index in [0.717, 1.165) is 40.8 Å². The lowest BCUT2D eigenvalue weighted by atomic mass is 9.94. The number of halogens is 1. The fraction of sp³-hybridized carbons (Fsp3) is 0.217. The molecule has 29 heavy (non-hydrogen) atoms. The second-order valence-electron chi connectivity index (χ2n) is 7.50. The predicted molar refractivity (Wildman–Crippen MR) is 112 cm³/mol. The topological polar surface area (TPSA) is 60.5 Å². The molecule has 1 aromatic heterocycles. The van der Waals surface area contributed by atoms with Crippen LogP contribution in [0.3, 0.4) is 0 Å². The third-order valence-corrected chi connectivity index (χ3v) is 5.87. The molecule has 1 amide bonds. The van der Waals surface area contributed by atoms with E-state index in [1.54, 1.807) is 6.20 Å². The Morgan fingerprint density at radius 2 is 1.83 bits per heavy atom. The predicted octanol–water partition coefficient (Wildman–Crippen LogP) is 5.11. The number of hydrogen-bond donors (Lipinski definition) is 1. The van der Waals surface area contributed by atoms with Crippen LogP contribution in [0.1, 0.15) is 24.0 Å². The number of nitrogens with zero attached hydrogens (tertiary/aromatic N) is 1. The van der Waals surface area contributed by atoms with E-state index in [0.29, 0.717) is 16.6 Å². The number of nitrogens with one attached hydrogen (secondary N) is 1. The highest BCUT2D eigenvalue weighted by atomic mass is 35.5. The molecule has 1 N–H and O–H groups in total. The van der Waals surface area contributed by atoms with Crippen LogP contribution in [0, 0.1) is 6.92 Å². The molecule has 0 bridgehead atoms. The molecular formula is C23H19ClN2O3. The molecule has 0 radical (unpaired) electrons. The summed E-state index contributed by atoms with van der Waals surface area (Å²) in [6, 6.07) is 15.3. The van der Waals surface area contributed by atoms with E-state index in [4.69, 9.17) is 21.1 Å². The molecule has 0 spiro atoms. The molecule has 3 aromatic rings. The van der Waals surface area contributed by atoms with Gasteiger partial charge in [0.1, 0.15) is 5.82 Å². The summed E-state index contributed by atoms with van der Waals surface area (Å²) < 4.78 is 10.8. The van der Waals surface area contributed by atoms with Crippen molar-refractivity contribution in [3.05, 3.63) is 70.9 Å². The minimum atomic E-state index is -0.522. The highest BCUT2D eigenvalue weighted by Gasteiger charge is 2.51. The fourth-order valence-corrected chi connectivity index (χ4v) is 3.88. The number of carbonyl (C=O) groups is 1. The van der Waals surface area contributed by atoms with Crippen LogP contribution in [0.15, 0.2) is 54.7 Å². The van der Waals surface area contributed by atoms with Crippen LogP contribution in [-0.4, -0.2) is 17.7 Å². The molecule has 0 atom stereocenters. The molecule has 1 aliphatic carbocycles. The zero-order valence-corrected chi connectivity index (χ0v) is 16.6. The minimum absolute atomic E-state index is 0.0393. The maximum atomic E-state index is 13.1. The number of benzene rings is 2. The molecule has 1 saturated carbocycles. The van der Waals surface area contributed by atoms with Crippen molar-refractivity contribution in [3.8, 4) is 22.6 Å². The number of aryl methyl sites for hydroxylation is 1. The van der Waals surface area contributed by atoms with Gasteiger partial charge in [0.15, 0.2) is 11.5 Å². The van der Waals surface area contributed by atoms with Gasteiger partial charge in [0.05, 0.1) is 5.41 Å². The summed E-state index contributed by atoms with van der Waals surface area (Å²) in [6.07, 6.45) is 3.40. The number of hydrogen-bond acceptors (Lipinski definition) is 4. The van der Waals surface area contributed by atoms with Gasteiger partial charge >= 0.3 is 0 Å². The first-order valence-corrected chi connectivity index (χ1v) is 9.87. The van der Waals surface area contributed by atoms with Crippen molar-refractivity contribution in [2.24, 2.45) is 0 Å². The molecular weight excluding hydrogens is 388 g/mol. The molecule has 0 unspecified atom stereocenters. The normalized spacial score (nSPS) is 15.8. The van der Waals surface area contributed by atoms with Crippen LogP contribution in [0.2, 0.25) is 5.02 Å². The Morgan fingerprint density at radius 1 is 1.07 bits per heavy atom. The van der Waals surface area contributed by atoms with E-state index in [1.165, 1.54) is 0 Å². The average Bonchev–Trinajstić information content (AvgIpc) is 3.40. The Balaban J connectivity index is 1.37.